The molecular formula is C42H72N3O34P. The lowest BCUT2D eigenvalue weighted by atomic mass is 9.93. The lowest BCUT2D eigenvalue weighted by molar-refractivity contribution is -0.388. The predicted octanol–water partition coefficient (Wildman–Crippen LogP) is -13.6. The Labute approximate surface area is 452 Å². The van der Waals surface area contributed by atoms with Crippen LogP contribution in [0.1, 0.15) is 20.8 Å². The van der Waals surface area contributed by atoms with E-state index in [0.29, 0.717) is 0 Å². The van der Waals surface area contributed by atoms with E-state index in [9.17, 15) is 110 Å². The van der Waals surface area contributed by atoms with Gasteiger partial charge in [0.2, 0.25) is 17.7 Å². The average molecular weight is 1190 g/mol. The van der Waals surface area contributed by atoms with Crippen molar-refractivity contribution in [3.8, 4) is 0 Å². The zero-order valence-electron chi connectivity index (χ0n) is 42.6. The molecule has 6 aliphatic rings. The molecule has 0 aromatic carbocycles. The van der Waals surface area contributed by atoms with E-state index in [1.54, 1.807) is 0 Å². The Balaban J connectivity index is 1.33. The minimum Gasteiger partial charge on any atom is -0.394 e. The van der Waals surface area contributed by atoms with Crippen molar-refractivity contribution in [3.05, 3.63) is 0 Å². The van der Waals surface area contributed by atoms with Crippen molar-refractivity contribution in [2.24, 2.45) is 0 Å². The van der Waals surface area contributed by atoms with Crippen LogP contribution in [0.3, 0.4) is 0 Å². The maximum absolute atomic E-state index is 13.0. The number of carbonyl (C=O) groups excluding carboxylic acids is 3. The normalized spacial score (nSPS) is 46.6. The van der Waals surface area contributed by atoms with E-state index >= 15 is 0 Å². The summed E-state index contributed by atoms with van der Waals surface area (Å²) < 4.78 is 80.5. The molecule has 0 unspecified atom stereocenters. The van der Waals surface area contributed by atoms with Gasteiger partial charge in [-0.3, -0.25) is 18.9 Å². The van der Waals surface area contributed by atoms with E-state index in [0.717, 1.165) is 20.8 Å². The molecule has 37 nitrogen and oxygen atoms in total. The predicted molar refractivity (Wildman–Crippen MR) is 245 cm³/mol. The smallest absolute Gasteiger partial charge is 0.394 e. The van der Waals surface area contributed by atoms with E-state index < -0.39 is 249 Å². The summed E-state index contributed by atoms with van der Waals surface area (Å²) in [4.78, 5) is 57.2. The fraction of sp³-hybridized carbons (Fsp3) is 0.929. The molecule has 6 rings (SSSR count). The number of nitrogens with one attached hydrogen (secondary N) is 3. The fourth-order valence-corrected chi connectivity index (χ4v) is 10.2. The molecule has 6 heterocycles. The Morgan fingerprint density at radius 2 is 0.750 bits per heavy atom. The molecule has 6 aliphatic heterocycles. The second-order valence-electron chi connectivity index (χ2n) is 19.6. The Hall–Kier alpha value is -2.56. The number of aliphatic hydroxyl groups is 16. The van der Waals surface area contributed by atoms with E-state index in [4.69, 9.17) is 52.1 Å². The number of aliphatic hydroxyl groups excluding tert-OH is 16. The fourth-order valence-electron chi connectivity index (χ4n) is 9.86. The van der Waals surface area contributed by atoms with Crippen molar-refractivity contribution in [2.45, 2.75) is 205 Å². The Morgan fingerprint density at radius 3 is 1.25 bits per heavy atom. The molecule has 21 N–H and O–H groups in total. The minimum atomic E-state index is -5.33. The number of phosphoric ester groups is 1. The topological polar surface area (TPSA) is 579 Å². The SMILES string of the molecule is CC(=O)N[C@@H]1[C@@H](O[C@@H]2O[C@H](CO)[C@@H](O)[C@H](O)[C@H]2O)[C@@H](O[C@H]2O[C@H](CO)[C@@H](O[C@@H]3O[C@H](CO)[C@H](O)[C@H](O[C@@H]4O[C@H](COP(=O)(O)O)[C@H](O)[C@H](O)[C@H]4O[C@H]4O[C@H](CO)[C@@H](O)[C@H](O)[C@H]4O)[C@H]3NC(C)=O)[C@H](O)[C@H]2NC(C)=O)[C@@H](CO)O[C@@H]1O. The number of amides is 3. The van der Waals surface area contributed by atoms with Crippen LogP contribution < -0.4 is 16.0 Å². The van der Waals surface area contributed by atoms with Gasteiger partial charge in [-0.1, -0.05) is 0 Å². The third kappa shape index (κ3) is 15.3. The van der Waals surface area contributed by atoms with E-state index in [1.165, 1.54) is 0 Å². The summed E-state index contributed by atoms with van der Waals surface area (Å²) in [7, 11) is -5.33. The quantitative estimate of drug-likeness (QED) is 0.0475. The number of phosphoric acid groups is 1. The van der Waals surface area contributed by atoms with Crippen molar-refractivity contribution < 1.29 is 167 Å². The largest absolute Gasteiger partial charge is 0.469 e. The van der Waals surface area contributed by atoms with Crippen LogP contribution in [0.5, 0.6) is 0 Å². The molecule has 38 heteroatoms. The van der Waals surface area contributed by atoms with E-state index in [-0.39, 0.29) is 0 Å². The average Bonchev–Trinajstić information content (AvgIpc) is 3.48. The zero-order valence-corrected chi connectivity index (χ0v) is 43.5. The lowest BCUT2D eigenvalue weighted by Crippen LogP contribution is -2.72. The summed E-state index contributed by atoms with van der Waals surface area (Å²) in [5, 5.41) is 180. The second-order valence-corrected chi connectivity index (χ2v) is 20.8. The maximum Gasteiger partial charge on any atom is 0.469 e. The van der Waals surface area contributed by atoms with Crippen LogP contribution >= 0.6 is 7.82 Å². The van der Waals surface area contributed by atoms with Gasteiger partial charge in [-0.05, 0) is 0 Å². The van der Waals surface area contributed by atoms with Gasteiger partial charge in [0.1, 0.15) is 146 Å². The highest BCUT2D eigenvalue weighted by molar-refractivity contribution is 7.46. The summed E-state index contributed by atoms with van der Waals surface area (Å²) >= 11 is 0. The van der Waals surface area contributed by atoms with Crippen molar-refractivity contribution in [2.75, 3.05) is 39.6 Å². The summed E-state index contributed by atoms with van der Waals surface area (Å²) in [5.41, 5.74) is 0. The van der Waals surface area contributed by atoms with Gasteiger partial charge in [-0.15, -0.1) is 0 Å². The molecule has 0 saturated carbocycles. The highest BCUT2D eigenvalue weighted by atomic mass is 31.2. The molecule has 0 aromatic heterocycles. The Morgan fingerprint density at radius 1 is 0.375 bits per heavy atom. The first-order valence-electron chi connectivity index (χ1n) is 24.8. The molecule has 0 aliphatic carbocycles. The van der Waals surface area contributed by atoms with Gasteiger partial charge >= 0.3 is 7.82 Å². The number of hydrogen-bond donors (Lipinski definition) is 21. The van der Waals surface area contributed by atoms with Crippen molar-refractivity contribution in [3.63, 3.8) is 0 Å². The van der Waals surface area contributed by atoms with Gasteiger partial charge in [0.05, 0.1) is 39.6 Å². The lowest BCUT2D eigenvalue weighted by Gasteiger charge is -2.52. The maximum atomic E-state index is 13.0. The number of hydrogen-bond acceptors (Lipinski definition) is 32. The first kappa shape index (κ1) is 66.6. The Bertz CT molecular complexity index is 2050. The third-order valence-electron chi connectivity index (χ3n) is 13.9. The molecule has 80 heavy (non-hydrogen) atoms. The van der Waals surface area contributed by atoms with Gasteiger partial charge in [-0.25, -0.2) is 4.57 Å². The van der Waals surface area contributed by atoms with Crippen molar-refractivity contribution in [1.29, 1.82) is 0 Å². The number of rotatable bonds is 21. The molecule has 0 bridgehead atoms. The van der Waals surface area contributed by atoms with Gasteiger partial charge in [0, 0.05) is 20.8 Å². The molecule has 6 fully saturated rings. The van der Waals surface area contributed by atoms with E-state index in [1.807, 2.05) is 0 Å². The van der Waals surface area contributed by atoms with Gasteiger partial charge < -0.3 is 160 Å². The van der Waals surface area contributed by atoms with Gasteiger partial charge in [-0.2, -0.15) is 0 Å². The summed E-state index contributed by atoms with van der Waals surface area (Å²) in [5.74, 6) is -2.68. The van der Waals surface area contributed by atoms with Gasteiger partial charge in [0.15, 0.2) is 37.7 Å². The van der Waals surface area contributed by atoms with Crippen LogP contribution in [0.2, 0.25) is 0 Å². The Kier molecular flexibility index (Phi) is 23.8. The standard InChI is InChI=1S/C42H72N3O34P/c1-10(51)43-19-26(58)32(16(7-49)73-38(19)76-33-17(8-50)69-37(64)20(44-11(2)52)35(33)78-40-30(62)27(59)22(54)13(4-46)71-40)75-39-21(45-12(3)53)34(25(57)15(6-48)70-39)77-42-36(29(61)24(56)18(74-42)9-68-80(65,66)67)79-41-31(63)28(60)23(55)14(5-47)72-41/h13-42,46-50,54-64H,4-9H2,1-3H3,(H,43,51)(H,44,52)(H,45,53)(H2,65,66,67)/t13-,14-,15-,16-,17-,18-,19-,20-,21-,22-,23-,24+,25+,26-,27+,28+,29+,30-,31-,32-,33+,34-,35-,36-,37+,38-,39+,40+,41-,42+/m1/s1. The summed E-state index contributed by atoms with van der Waals surface area (Å²) in [6.07, 6.45) is -54.0. The molecular weight excluding hydrogens is 1120 g/mol. The first-order valence-corrected chi connectivity index (χ1v) is 26.4. The summed E-state index contributed by atoms with van der Waals surface area (Å²) in [6.45, 7) is -3.43. The van der Waals surface area contributed by atoms with E-state index in [2.05, 4.69) is 20.5 Å². The van der Waals surface area contributed by atoms with Crippen LogP contribution in [0, 0.1) is 0 Å². The van der Waals surface area contributed by atoms with Crippen LogP contribution in [0.4, 0.5) is 0 Å². The second kappa shape index (κ2) is 28.6. The first-order chi connectivity index (χ1) is 37.6. The number of carbonyl (C=O) groups is 3. The highest BCUT2D eigenvalue weighted by Gasteiger charge is 2.59. The van der Waals surface area contributed by atoms with Crippen LogP contribution in [0.25, 0.3) is 0 Å². The van der Waals surface area contributed by atoms with Crippen LogP contribution in [-0.2, 0) is 75.6 Å². The molecule has 6 saturated heterocycles. The molecule has 3 amide bonds. The van der Waals surface area contributed by atoms with Crippen molar-refractivity contribution >= 4 is 25.5 Å². The zero-order chi connectivity index (χ0) is 59.4. The molecule has 0 aromatic rings. The van der Waals surface area contributed by atoms with Crippen molar-refractivity contribution in [1.82, 2.24) is 16.0 Å². The van der Waals surface area contributed by atoms with Crippen LogP contribution in [0.15, 0.2) is 0 Å². The molecule has 464 valence electrons. The summed E-state index contributed by atoms with van der Waals surface area (Å²) in [6, 6.07) is -5.51. The molecule has 0 radical (unpaired) electrons. The molecule has 30 atom stereocenters. The van der Waals surface area contributed by atoms with Crippen LogP contribution in [-0.4, -0.2) is 333 Å². The number of ether oxygens (including phenoxy) is 11. The molecule has 0 spiro atoms. The highest BCUT2D eigenvalue weighted by Crippen LogP contribution is 2.40. The van der Waals surface area contributed by atoms with Gasteiger partial charge in [0.25, 0.3) is 0 Å². The third-order valence-corrected chi connectivity index (χ3v) is 14.4. The monoisotopic (exact) mass is 1190 g/mol. The minimum absolute atomic E-state index is 0.825.